The highest BCUT2D eigenvalue weighted by Gasteiger charge is 2.14. The summed E-state index contributed by atoms with van der Waals surface area (Å²) in [5.41, 5.74) is 1.91. The standard InChI is InChI=1S/C13H14Cl2FN3/c1-3-10-12(15)11(19(2)18-10)7-17-13-8(14)5-4-6-9(13)16/h4-6,17H,3,7H2,1-2H3. The van der Waals surface area contributed by atoms with Gasteiger partial charge in [-0.25, -0.2) is 4.39 Å². The third kappa shape index (κ3) is 2.85. The maximum absolute atomic E-state index is 13.6. The molecule has 0 amide bonds. The number of halogens is 3. The smallest absolute Gasteiger partial charge is 0.147 e. The summed E-state index contributed by atoms with van der Waals surface area (Å²) in [6.07, 6.45) is 0.757. The number of nitrogens with zero attached hydrogens (tertiary/aromatic N) is 2. The second-order valence-electron chi connectivity index (χ2n) is 4.13. The van der Waals surface area contributed by atoms with Crippen LogP contribution in [-0.4, -0.2) is 9.78 Å². The summed E-state index contributed by atoms with van der Waals surface area (Å²) in [4.78, 5) is 0. The molecule has 0 saturated carbocycles. The van der Waals surface area contributed by atoms with E-state index in [-0.39, 0.29) is 11.5 Å². The first-order valence-corrected chi connectivity index (χ1v) is 6.68. The molecule has 0 unspecified atom stereocenters. The summed E-state index contributed by atoms with van der Waals surface area (Å²) in [7, 11) is 1.81. The van der Waals surface area contributed by atoms with Crippen LogP contribution < -0.4 is 5.32 Å². The van der Waals surface area contributed by atoms with Gasteiger partial charge in [0, 0.05) is 7.05 Å². The lowest BCUT2D eigenvalue weighted by Gasteiger charge is -2.10. The molecule has 1 N–H and O–H groups in total. The minimum Gasteiger partial charge on any atom is -0.376 e. The van der Waals surface area contributed by atoms with E-state index >= 15 is 0 Å². The van der Waals surface area contributed by atoms with Gasteiger partial charge in [-0.1, -0.05) is 36.2 Å². The number of rotatable bonds is 4. The Bertz CT molecular complexity index is 576. The Hall–Kier alpha value is -1.26. The molecule has 0 fully saturated rings. The van der Waals surface area contributed by atoms with Gasteiger partial charge in [-0.3, -0.25) is 4.68 Å². The van der Waals surface area contributed by atoms with E-state index in [1.54, 1.807) is 16.8 Å². The summed E-state index contributed by atoms with van der Waals surface area (Å²) in [5.74, 6) is -0.387. The van der Waals surface area contributed by atoms with Crippen LogP contribution in [0.15, 0.2) is 18.2 Å². The third-order valence-corrected chi connectivity index (χ3v) is 3.65. The van der Waals surface area contributed by atoms with E-state index in [1.807, 2.05) is 14.0 Å². The first-order valence-electron chi connectivity index (χ1n) is 5.92. The van der Waals surface area contributed by atoms with Crippen molar-refractivity contribution in [3.63, 3.8) is 0 Å². The fraction of sp³-hybridized carbons (Fsp3) is 0.308. The van der Waals surface area contributed by atoms with Gasteiger partial charge in [0.1, 0.15) is 5.82 Å². The van der Waals surface area contributed by atoms with Crippen molar-refractivity contribution in [3.05, 3.63) is 45.4 Å². The number of anilines is 1. The normalized spacial score (nSPS) is 10.8. The molecule has 1 heterocycles. The maximum Gasteiger partial charge on any atom is 0.147 e. The molecule has 1 aromatic carbocycles. The minimum atomic E-state index is -0.387. The van der Waals surface area contributed by atoms with E-state index in [4.69, 9.17) is 23.2 Å². The molecule has 0 aliphatic carbocycles. The van der Waals surface area contributed by atoms with Gasteiger partial charge < -0.3 is 5.32 Å². The van der Waals surface area contributed by atoms with Crippen molar-refractivity contribution >= 4 is 28.9 Å². The zero-order valence-corrected chi connectivity index (χ0v) is 12.2. The SMILES string of the molecule is CCc1nn(C)c(CNc2c(F)cccc2Cl)c1Cl. The topological polar surface area (TPSA) is 29.9 Å². The Kier molecular flexibility index (Phi) is 4.32. The van der Waals surface area contributed by atoms with Crippen LogP contribution >= 0.6 is 23.2 Å². The van der Waals surface area contributed by atoms with Crippen LogP contribution in [0.4, 0.5) is 10.1 Å². The van der Waals surface area contributed by atoms with Crippen LogP contribution in [0.25, 0.3) is 0 Å². The van der Waals surface area contributed by atoms with Crippen LogP contribution in [0.3, 0.4) is 0 Å². The summed E-state index contributed by atoms with van der Waals surface area (Å²) in [5, 5.41) is 8.23. The highest BCUT2D eigenvalue weighted by Crippen LogP contribution is 2.27. The third-order valence-electron chi connectivity index (χ3n) is 2.90. The Morgan fingerprint density at radius 2 is 2.11 bits per heavy atom. The number of aromatic nitrogens is 2. The predicted octanol–water partition coefficient (Wildman–Crippen LogP) is 4.04. The highest BCUT2D eigenvalue weighted by molar-refractivity contribution is 6.33. The van der Waals surface area contributed by atoms with Crippen LogP contribution in [0.2, 0.25) is 10.0 Å². The van der Waals surface area contributed by atoms with Crippen molar-refractivity contribution in [2.45, 2.75) is 19.9 Å². The molecule has 6 heteroatoms. The Labute approximate surface area is 121 Å². The quantitative estimate of drug-likeness (QED) is 0.923. The number of aryl methyl sites for hydroxylation is 2. The van der Waals surface area contributed by atoms with Gasteiger partial charge in [0.2, 0.25) is 0 Å². The van der Waals surface area contributed by atoms with Gasteiger partial charge in [-0.05, 0) is 18.6 Å². The number of benzene rings is 1. The molecule has 19 heavy (non-hydrogen) atoms. The summed E-state index contributed by atoms with van der Waals surface area (Å²) < 4.78 is 15.3. The fourth-order valence-electron chi connectivity index (χ4n) is 1.85. The number of para-hydroxylation sites is 1. The molecule has 2 rings (SSSR count). The Balaban J connectivity index is 2.22. The molecule has 0 bridgehead atoms. The first-order chi connectivity index (χ1) is 9.04. The van der Waals surface area contributed by atoms with Crippen LogP contribution in [0, 0.1) is 5.82 Å². The van der Waals surface area contributed by atoms with Crippen molar-refractivity contribution in [2.75, 3.05) is 5.32 Å². The highest BCUT2D eigenvalue weighted by atomic mass is 35.5. The van der Waals surface area contributed by atoms with E-state index in [0.29, 0.717) is 16.6 Å². The Morgan fingerprint density at radius 3 is 2.68 bits per heavy atom. The largest absolute Gasteiger partial charge is 0.376 e. The number of hydrogen-bond acceptors (Lipinski definition) is 2. The molecule has 0 spiro atoms. The van der Waals surface area contributed by atoms with Crippen LogP contribution in [0.5, 0.6) is 0 Å². The molecule has 0 atom stereocenters. The molecule has 0 aliphatic rings. The lowest BCUT2D eigenvalue weighted by atomic mass is 10.2. The molecule has 0 saturated heterocycles. The van der Waals surface area contributed by atoms with Crippen molar-refractivity contribution in [1.29, 1.82) is 0 Å². The predicted molar refractivity (Wildman–Crippen MR) is 76.3 cm³/mol. The molecule has 2 aromatic rings. The van der Waals surface area contributed by atoms with Crippen molar-refractivity contribution in [1.82, 2.24) is 9.78 Å². The molecule has 3 nitrogen and oxygen atoms in total. The summed E-state index contributed by atoms with van der Waals surface area (Å²) >= 11 is 12.2. The lowest BCUT2D eigenvalue weighted by molar-refractivity contribution is 0.629. The average Bonchev–Trinajstić information content (AvgIpc) is 2.65. The first kappa shape index (κ1) is 14.2. The van der Waals surface area contributed by atoms with Gasteiger partial charge in [-0.15, -0.1) is 0 Å². The van der Waals surface area contributed by atoms with Crippen molar-refractivity contribution < 1.29 is 4.39 Å². The van der Waals surface area contributed by atoms with E-state index < -0.39 is 0 Å². The van der Waals surface area contributed by atoms with Crippen LogP contribution in [0.1, 0.15) is 18.3 Å². The monoisotopic (exact) mass is 301 g/mol. The molecule has 0 aliphatic heterocycles. The second kappa shape index (κ2) is 5.80. The minimum absolute atomic E-state index is 0.277. The van der Waals surface area contributed by atoms with Gasteiger partial charge >= 0.3 is 0 Å². The van der Waals surface area contributed by atoms with E-state index in [2.05, 4.69) is 10.4 Å². The second-order valence-corrected chi connectivity index (χ2v) is 4.92. The zero-order chi connectivity index (χ0) is 14.0. The van der Waals surface area contributed by atoms with Gasteiger partial charge in [-0.2, -0.15) is 5.10 Å². The lowest BCUT2D eigenvalue weighted by Crippen LogP contribution is -2.07. The molecular formula is C13H14Cl2FN3. The van der Waals surface area contributed by atoms with Crippen LogP contribution in [-0.2, 0) is 20.0 Å². The number of hydrogen-bond donors (Lipinski definition) is 1. The zero-order valence-electron chi connectivity index (χ0n) is 10.7. The van der Waals surface area contributed by atoms with Gasteiger partial charge in [0.25, 0.3) is 0 Å². The number of nitrogens with one attached hydrogen (secondary N) is 1. The van der Waals surface area contributed by atoms with E-state index in [0.717, 1.165) is 17.8 Å². The molecule has 102 valence electrons. The van der Waals surface area contributed by atoms with Gasteiger partial charge in [0.05, 0.1) is 33.7 Å². The fourth-order valence-corrected chi connectivity index (χ4v) is 2.44. The maximum atomic E-state index is 13.6. The summed E-state index contributed by atoms with van der Waals surface area (Å²) in [6.45, 7) is 2.35. The average molecular weight is 302 g/mol. The summed E-state index contributed by atoms with van der Waals surface area (Å²) in [6, 6.07) is 4.56. The Morgan fingerprint density at radius 1 is 1.37 bits per heavy atom. The molecule has 1 aromatic heterocycles. The van der Waals surface area contributed by atoms with Gasteiger partial charge in [0.15, 0.2) is 0 Å². The van der Waals surface area contributed by atoms with E-state index in [9.17, 15) is 4.39 Å². The van der Waals surface area contributed by atoms with E-state index in [1.165, 1.54) is 6.07 Å². The van der Waals surface area contributed by atoms with Crippen molar-refractivity contribution in [3.8, 4) is 0 Å². The molecular weight excluding hydrogens is 288 g/mol. The molecule has 0 radical (unpaired) electrons. The van der Waals surface area contributed by atoms with Crippen molar-refractivity contribution in [2.24, 2.45) is 7.05 Å².